The zero-order valence-electron chi connectivity index (χ0n) is 30.8. The summed E-state index contributed by atoms with van der Waals surface area (Å²) in [5.74, 6) is 0.0185. The largest absolute Gasteiger partial charge is 0.466 e. The Hall–Kier alpha value is -0.830. The first-order chi connectivity index (χ1) is 22.3. The van der Waals surface area contributed by atoms with Crippen LogP contribution < -0.4 is 0 Å². The summed E-state index contributed by atoms with van der Waals surface area (Å²) in [5.41, 5.74) is 0. The summed E-state index contributed by atoms with van der Waals surface area (Å²) in [7, 11) is 0. The van der Waals surface area contributed by atoms with Crippen LogP contribution in [0.25, 0.3) is 0 Å². The summed E-state index contributed by atoms with van der Waals surface area (Å²) in [6, 6.07) is 0. The van der Waals surface area contributed by atoms with E-state index in [1.807, 2.05) is 0 Å². The summed E-state index contributed by atoms with van der Waals surface area (Å²) in [4.78, 5) is 12.0. The van der Waals surface area contributed by atoms with Crippen molar-refractivity contribution in [2.75, 3.05) is 13.2 Å². The molecule has 1 N–H and O–H groups in total. The Kier molecular flexibility index (Phi) is 40.4. The molecular formula is C42H82O3. The molecule has 0 aliphatic rings. The molecule has 0 amide bonds. The lowest BCUT2D eigenvalue weighted by Gasteiger charge is -2.06. The molecule has 268 valence electrons. The van der Waals surface area contributed by atoms with Gasteiger partial charge in [-0.2, -0.15) is 0 Å². The van der Waals surface area contributed by atoms with Crippen molar-refractivity contribution in [2.45, 2.75) is 238 Å². The molecule has 0 fully saturated rings. The average Bonchev–Trinajstić information content (AvgIpc) is 3.05. The quantitative estimate of drug-likeness (QED) is 0.0416. The zero-order valence-corrected chi connectivity index (χ0v) is 30.8. The van der Waals surface area contributed by atoms with Gasteiger partial charge in [-0.3, -0.25) is 4.79 Å². The number of rotatable bonds is 39. The van der Waals surface area contributed by atoms with E-state index in [2.05, 4.69) is 19.1 Å². The maximum absolute atomic E-state index is 12.0. The summed E-state index contributed by atoms with van der Waals surface area (Å²) >= 11 is 0. The van der Waals surface area contributed by atoms with E-state index in [-0.39, 0.29) is 5.97 Å². The molecule has 3 nitrogen and oxygen atoms in total. The molecule has 0 aromatic rings. The third-order valence-electron chi connectivity index (χ3n) is 9.46. The Balaban J connectivity index is 3.17. The number of unbranched alkanes of at least 4 members (excludes halogenated alkanes) is 32. The van der Waals surface area contributed by atoms with E-state index in [1.54, 1.807) is 0 Å². The number of carbonyl (C=O) groups is 1. The molecule has 0 atom stereocenters. The van der Waals surface area contributed by atoms with Gasteiger partial charge in [0.05, 0.1) is 6.61 Å². The van der Waals surface area contributed by atoms with Gasteiger partial charge in [0.15, 0.2) is 0 Å². The standard InChI is InChI=1S/C42H82O3/c1-2-3-4-5-6-7-8-9-10-11-12-13-14-15-18-21-24-27-30-33-36-39-42(44)45-41-38-35-32-29-26-23-20-17-16-19-22-25-28-31-34-37-40-43/h9-10,43H,2-8,11-41H2,1H3. The van der Waals surface area contributed by atoms with Crippen LogP contribution in [0.3, 0.4) is 0 Å². The normalized spacial score (nSPS) is 11.6. The van der Waals surface area contributed by atoms with Crippen LogP contribution >= 0.6 is 0 Å². The molecule has 0 radical (unpaired) electrons. The molecule has 0 aliphatic heterocycles. The summed E-state index contributed by atoms with van der Waals surface area (Å²) < 4.78 is 5.46. The summed E-state index contributed by atoms with van der Waals surface area (Å²) in [6.45, 7) is 3.26. The highest BCUT2D eigenvalue weighted by Gasteiger charge is 2.03. The smallest absolute Gasteiger partial charge is 0.305 e. The van der Waals surface area contributed by atoms with E-state index in [1.165, 1.54) is 205 Å². The van der Waals surface area contributed by atoms with Crippen molar-refractivity contribution in [3.05, 3.63) is 12.2 Å². The molecule has 3 heteroatoms. The molecule has 0 aromatic carbocycles. The molecule has 0 bridgehead atoms. The number of aliphatic hydroxyl groups excluding tert-OH is 1. The second kappa shape index (κ2) is 41.2. The minimum Gasteiger partial charge on any atom is -0.466 e. The first-order valence-corrected chi connectivity index (χ1v) is 20.7. The SMILES string of the molecule is CCCCCCCCC=CCCCCCCCCCCCCCC(=O)OCCCCCCCCCCCCCCCCCCO. The van der Waals surface area contributed by atoms with Crippen LogP contribution in [0.5, 0.6) is 0 Å². The lowest BCUT2D eigenvalue weighted by molar-refractivity contribution is -0.143. The molecule has 0 aromatic heterocycles. The van der Waals surface area contributed by atoms with Crippen LogP contribution in [-0.2, 0) is 9.53 Å². The van der Waals surface area contributed by atoms with Crippen LogP contribution in [0.15, 0.2) is 12.2 Å². The van der Waals surface area contributed by atoms with Crippen LogP contribution in [0, 0.1) is 0 Å². The first kappa shape index (κ1) is 44.2. The van der Waals surface area contributed by atoms with Gasteiger partial charge in [-0.15, -0.1) is 0 Å². The molecule has 0 spiro atoms. The minimum absolute atomic E-state index is 0.0185. The monoisotopic (exact) mass is 635 g/mol. The van der Waals surface area contributed by atoms with Gasteiger partial charge < -0.3 is 9.84 Å². The summed E-state index contributed by atoms with van der Waals surface area (Å²) in [6.07, 6.45) is 51.7. The fourth-order valence-electron chi connectivity index (χ4n) is 6.35. The average molecular weight is 635 g/mol. The Bertz CT molecular complexity index is 572. The van der Waals surface area contributed by atoms with Crippen molar-refractivity contribution in [1.29, 1.82) is 0 Å². The van der Waals surface area contributed by atoms with Gasteiger partial charge in [-0.1, -0.05) is 199 Å². The van der Waals surface area contributed by atoms with Gasteiger partial charge in [0.1, 0.15) is 0 Å². The molecule has 0 aliphatic carbocycles. The van der Waals surface area contributed by atoms with Crippen molar-refractivity contribution in [3.63, 3.8) is 0 Å². The second-order valence-corrected chi connectivity index (χ2v) is 14.1. The number of esters is 1. The number of aliphatic hydroxyl groups is 1. The predicted molar refractivity (Wildman–Crippen MR) is 199 cm³/mol. The van der Waals surface area contributed by atoms with Gasteiger partial charge >= 0.3 is 5.97 Å². The van der Waals surface area contributed by atoms with E-state index in [9.17, 15) is 4.79 Å². The van der Waals surface area contributed by atoms with Gasteiger partial charge in [0.2, 0.25) is 0 Å². The Morgan fingerprint density at radius 1 is 0.422 bits per heavy atom. The Labute approximate surface area is 283 Å². The van der Waals surface area contributed by atoms with Crippen molar-refractivity contribution in [2.24, 2.45) is 0 Å². The number of carbonyl (C=O) groups excluding carboxylic acids is 1. The highest BCUT2D eigenvalue weighted by molar-refractivity contribution is 5.69. The van der Waals surface area contributed by atoms with E-state index in [4.69, 9.17) is 9.84 Å². The third-order valence-corrected chi connectivity index (χ3v) is 9.46. The fourth-order valence-corrected chi connectivity index (χ4v) is 6.35. The van der Waals surface area contributed by atoms with Gasteiger partial charge in [-0.05, 0) is 44.9 Å². The minimum atomic E-state index is 0.0185. The van der Waals surface area contributed by atoms with Crippen molar-refractivity contribution < 1.29 is 14.6 Å². The van der Waals surface area contributed by atoms with E-state index >= 15 is 0 Å². The Morgan fingerprint density at radius 3 is 1.11 bits per heavy atom. The zero-order chi connectivity index (χ0) is 32.6. The van der Waals surface area contributed by atoms with Crippen LogP contribution in [0.2, 0.25) is 0 Å². The van der Waals surface area contributed by atoms with Crippen molar-refractivity contribution in [1.82, 2.24) is 0 Å². The lowest BCUT2D eigenvalue weighted by atomic mass is 10.0. The van der Waals surface area contributed by atoms with Gasteiger partial charge in [0, 0.05) is 13.0 Å². The number of hydrogen-bond donors (Lipinski definition) is 1. The van der Waals surface area contributed by atoms with E-state index < -0.39 is 0 Å². The van der Waals surface area contributed by atoms with E-state index in [0.29, 0.717) is 19.6 Å². The summed E-state index contributed by atoms with van der Waals surface area (Å²) in [5, 5.41) is 8.79. The first-order valence-electron chi connectivity index (χ1n) is 20.7. The van der Waals surface area contributed by atoms with Crippen LogP contribution in [0.1, 0.15) is 238 Å². The molecular weight excluding hydrogens is 552 g/mol. The predicted octanol–water partition coefficient (Wildman–Crippen LogP) is 14.1. The maximum Gasteiger partial charge on any atom is 0.305 e. The van der Waals surface area contributed by atoms with Gasteiger partial charge in [0.25, 0.3) is 0 Å². The van der Waals surface area contributed by atoms with E-state index in [0.717, 1.165) is 19.3 Å². The lowest BCUT2D eigenvalue weighted by Crippen LogP contribution is -2.05. The molecule has 0 saturated heterocycles. The molecule has 0 saturated carbocycles. The van der Waals surface area contributed by atoms with Crippen LogP contribution in [-0.4, -0.2) is 24.3 Å². The maximum atomic E-state index is 12.0. The second-order valence-electron chi connectivity index (χ2n) is 14.1. The number of hydrogen-bond acceptors (Lipinski definition) is 3. The van der Waals surface area contributed by atoms with Gasteiger partial charge in [-0.25, -0.2) is 0 Å². The number of allylic oxidation sites excluding steroid dienone is 2. The topological polar surface area (TPSA) is 46.5 Å². The fraction of sp³-hybridized carbons (Fsp3) is 0.929. The van der Waals surface area contributed by atoms with Crippen LogP contribution in [0.4, 0.5) is 0 Å². The third kappa shape index (κ3) is 41.1. The molecule has 45 heavy (non-hydrogen) atoms. The highest BCUT2D eigenvalue weighted by Crippen LogP contribution is 2.15. The molecule has 0 heterocycles. The number of ether oxygens (including phenoxy) is 1. The Morgan fingerprint density at radius 2 is 0.733 bits per heavy atom. The molecule has 0 rings (SSSR count). The van der Waals surface area contributed by atoms with Crippen molar-refractivity contribution >= 4 is 5.97 Å². The molecule has 0 unspecified atom stereocenters. The highest BCUT2D eigenvalue weighted by atomic mass is 16.5. The van der Waals surface area contributed by atoms with Crippen molar-refractivity contribution in [3.8, 4) is 0 Å².